The van der Waals surface area contributed by atoms with Gasteiger partial charge in [0, 0.05) is 23.5 Å². The molecule has 2 aromatic carbocycles. The molecule has 1 amide bonds. The minimum atomic E-state index is -0.316. The van der Waals surface area contributed by atoms with E-state index in [0.717, 1.165) is 11.1 Å². The van der Waals surface area contributed by atoms with Gasteiger partial charge < -0.3 is 9.88 Å². The molecule has 1 aromatic heterocycles. The summed E-state index contributed by atoms with van der Waals surface area (Å²) in [5.41, 5.74) is 3.52. The maximum absolute atomic E-state index is 12.5. The zero-order chi connectivity index (χ0) is 19.4. The van der Waals surface area contributed by atoms with E-state index in [9.17, 15) is 14.4 Å². The smallest absolute Gasteiger partial charge is 0.257 e. The minimum absolute atomic E-state index is 0.0314. The SMILES string of the molecule is CC(=O)c1ccc(NC(=O)c2ccc(=O)n(Cc3ccc(C)cc3)c2)cc1. The molecule has 5 heteroatoms. The molecule has 27 heavy (non-hydrogen) atoms. The molecule has 0 aliphatic carbocycles. The highest BCUT2D eigenvalue weighted by Gasteiger charge is 2.09. The normalized spacial score (nSPS) is 10.4. The molecule has 3 rings (SSSR count). The van der Waals surface area contributed by atoms with Crippen molar-refractivity contribution >= 4 is 17.4 Å². The Balaban J connectivity index is 1.78. The first-order valence-electron chi connectivity index (χ1n) is 8.61. The molecule has 0 aliphatic rings. The lowest BCUT2D eigenvalue weighted by Crippen LogP contribution is -2.22. The van der Waals surface area contributed by atoms with Gasteiger partial charge in [0.2, 0.25) is 0 Å². The van der Waals surface area contributed by atoms with E-state index < -0.39 is 0 Å². The molecule has 0 spiro atoms. The second kappa shape index (κ2) is 7.83. The van der Waals surface area contributed by atoms with Crippen LogP contribution < -0.4 is 10.9 Å². The van der Waals surface area contributed by atoms with E-state index in [1.54, 1.807) is 30.5 Å². The van der Waals surface area contributed by atoms with E-state index in [1.165, 1.54) is 23.6 Å². The van der Waals surface area contributed by atoms with Crippen molar-refractivity contribution in [1.82, 2.24) is 4.57 Å². The van der Waals surface area contributed by atoms with E-state index in [2.05, 4.69) is 5.32 Å². The quantitative estimate of drug-likeness (QED) is 0.706. The topological polar surface area (TPSA) is 68.2 Å². The van der Waals surface area contributed by atoms with Crippen molar-refractivity contribution in [3.63, 3.8) is 0 Å². The number of hydrogen-bond acceptors (Lipinski definition) is 3. The molecule has 3 aromatic rings. The number of amides is 1. The summed E-state index contributed by atoms with van der Waals surface area (Å²) in [6.07, 6.45) is 1.56. The van der Waals surface area contributed by atoms with Crippen LogP contribution in [0.5, 0.6) is 0 Å². The van der Waals surface area contributed by atoms with Gasteiger partial charge in [-0.1, -0.05) is 29.8 Å². The van der Waals surface area contributed by atoms with Gasteiger partial charge in [-0.05, 0) is 49.7 Å². The lowest BCUT2D eigenvalue weighted by atomic mass is 10.1. The molecule has 0 saturated heterocycles. The van der Waals surface area contributed by atoms with Crippen LogP contribution in [-0.4, -0.2) is 16.3 Å². The summed E-state index contributed by atoms with van der Waals surface area (Å²) in [5, 5.41) is 2.78. The number of anilines is 1. The molecule has 0 unspecified atom stereocenters. The molecule has 0 fully saturated rings. The average molecular weight is 360 g/mol. The lowest BCUT2D eigenvalue weighted by Gasteiger charge is -2.10. The van der Waals surface area contributed by atoms with Crippen LogP contribution in [-0.2, 0) is 6.54 Å². The summed E-state index contributed by atoms with van der Waals surface area (Å²) < 4.78 is 1.51. The molecule has 1 heterocycles. The van der Waals surface area contributed by atoms with Gasteiger partial charge >= 0.3 is 0 Å². The first kappa shape index (κ1) is 18.3. The molecule has 0 saturated carbocycles. The first-order chi connectivity index (χ1) is 12.9. The van der Waals surface area contributed by atoms with Crippen LogP contribution in [0.1, 0.15) is 38.8 Å². The van der Waals surface area contributed by atoms with Gasteiger partial charge in [-0.15, -0.1) is 0 Å². The Hall–Kier alpha value is -3.47. The van der Waals surface area contributed by atoms with Gasteiger partial charge in [0.1, 0.15) is 0 Å². The highest BCUT2D eigenvalue weighted by atomic mass is 16.2. The van der Waals surface area contributed by atoms with E-state index >= 15 is 0 Å². The third-order valence-corrected chi connectivity index (χ3v) is 4.27. The Labute approximate surface area is 157 Å². The van der Waals surface area contributed by atoms with Crippen LogP contribution in [0.3, 0.4) is 0 Å². The monoisotopic (exact) mass is 360 g/mol. The van der Waals surface area contributed by atoms with Gasteiger partial charge in [-0.3, -0.25) is 14.4 Å². The number of carbonyl (C=O) groups excluding carboxylic acids is 2. The van der Waals surface area contributed by atoms with Crippen LogP contribution in [0.4, 0.5) is 5.69 Å². The predicted molar refractivity (Wildman–Crippen MR) is 105 cm³/mol. The molecule has 5 nitrogen and oxygen atoms in total. The second-order valence-corrected chi connectivity index (χ2v) is 6.46. The zero-order valence-corrected chi connectivity index (χ0v) is 15.2. The van der Waals surface area contributed by atoms with Crippen molar-refractivity contribution in [2.45, 2.75) is 20.4 Å². The minimum Gasteiger partial charge on any atom is -0.322 e. The Morgan fingerprint density at radius 1 is 0.889 bits per heavy atom. The van der Waals surface area contributed by atoms with Crippen LogP contribution in [0, 0.1) is 6.92 Å². The Morgan fingerprint density at radius 3 is 2.15 bits per heavy atom. The van der Waals surface area contributed by atoms with E-state index in [4.69, 9.17) is 0 Å². The fourth-order valence-electron chi connectivity index (χ4n) is 2.67. The average Bonchev–Trinajstić information content (AvgIpc) is 2.65. The first-order valence-corrected chi connectivity index (χ1v) is 8.61. The fraction of sp³-hybridized carbons (Fsp3) is 0.136. The molecule has 136 valence electrons. The van der Waals surface area contributed by atoms with Crippen LogP contribution in [0.15, 0.2) is 71.7 Å². The van der Waals surface area contributed by atoms with Crippen LogP contribution in [0.2, 0.25) is 0 Å². The maximum atomic E-state index is 12.5. The van der Waals surface area contributed by atoms with Crippen molar-refractivity contribution in [3.05, 3.63) is 99.5 Å². The van der Waals surface area contributed by atoms with Crippen molar-refractivity contribution in [2.24, 2.45) is 0 Å². The van der Waals surface area contributed by atoms with Gasteiger partial charge in [0.05, 0.1) is 12.1 Å². The molecule has 0 atom stereocenters. The zero-order valence-electron chi connectivity index (χ0n) is 15.2. The summed E-state index contributed by atoms with van der Waals surface area (Å²) >= 11 is 0. The number of rotatable bonds is 5. The Morgan fingerprint density at radius 2 is 1.52 bits per heavy atom. The van der Waals surface area contributed by atoms with Crippen molar-refractivity contribution in [2.75, 3.05) is 5.32 Å². The number of benzene rings is 2. The number of aryl methyl sites for hydroxylation is 1. The van der Waals surface area contributed by atoms with Crippen LogP contribution >= 0.6 is 0 Å². The molecular weight excluding hydrogens is 340 g/mol. The van der Waals surface area contributed by atoms with Crippen molar-refractivity contribution < 1.29 is 9.59 Å². The third-order valence-electron chi connectivity index (χ3n) is 4.27. The Kier molecular flexibility index (Phi) is 5.31. The molecular formula is C22H20N2O3. The summed E-state index contributed by atoms with van der Waals surface area (Å²) in [7, 11) is 0. The highest BCUT2D eigenvalue weighted by molar-refractivity contribution is 6.04. The second-order valence-electron chi connectivity index (χ2n) is 6.46. The van der Waals surface area contributed by atoms with Crippen molar-refractivity contribution in [3.8, 4) is 0 Å². The molecule has 0 bridgehead atoms. The summed E-state index contributed by atoms with van der Waals surface area (Å²) in [4.78, 5) is 35.9. The van der Waals surface area contributed by atoms with Gasteiger partial charge in [0.25, 0.3) is 11.5 Å². The lowest BCUT2D eigenvalue weighted by molar-refractivity contribution is 0.101. The number of aromatic nitrogens is 1. The van der Waals surface area contributed by atoms with Crippen LogP contribution in [0.25, 0.3) is 0 Å². The van der Waals surface area contributed by atoms with Gasteiger partial charge in [0.15, 0.2) is 5.78 Å². The number of nitrogens with zero attached hydrogens (tertiary/aromatic N) is 1. The molecule has 0 radical (unpaired) electrons. The fourth-order valence-corrected chi connectivity index (χ4v) is 2.67. The number of carbonyl (C=O) groups is 2. The molecule has 0 aliphatic heterocycles. The summed E-state index contributed by atoms with van der Waals surface area (Å²) in [5.74, 6) is -0.348. The summed E-state index contributed by atoms with van der Waals surface area (Å²) in [6.45, 7) is 3.89. The largest absolute Gasteiger partial charge is 0.322 e. The Bertz CT molecular complexity index is 1030. The highest BCUT2D eigenvalue weighted by Crippen LogP contribution is 2.12. The predicted octanol–water partition coefficient (Wildman–Crippen LogP) is 3.66. The van der Waals surface area contributed by atoms with Gasteiger partial charge in [-0.2, -0.15) is 0 Å². The van der Waals surface area contributed by atoms with E-state index in [-0.39, 0.29) is 17.2 Å². The summed E-state index contributed by atoms with van der Waals surface area (Å²) in [6, 6.07) is 17.5. The van der Waals surface area contributed by atoms with Crippen molar-refractivity contribution in [1.29, 1.82) is 0 Å². The number of hydrogen-bond donors (Lipinski definition) is 1. The number of pyridine rings is 1. The standard InChI is InChI=1S/C22H20N2O3/c1-15-3-5-17(6-4-15)13-24-14-19(9-12-21(24)26)22(27)23-20-10-7-18(8-11-20)16(2)25/h3-12,14H,13H2,1-2H3,(H,23,27). The maximum Gasteiger partial charge on any atom is 0.257 e. The molecule has 1 N–H and O–H groups in total. The number of Topliss-reactive ketones (excluding diaryl/α,β-unsaturated/α-hetero) is 1. The van der Waals surface area contributed by atoms with Gasteiger partial charge in [-0.25, -0.2) is 0 Å². The van der Waals surface area contributed by atoms with E-state index in [1.807, 2.05) is 31.2 Å². The number of ketones is 1. The third kappa shape index (κ3) is 4.58. The van der Waals surface area contributed by atoms with E-state index in [0.29, 0.717) is 23.4 Å². The number of nitrogens with one attached hydrogen (secondary N) is 1.